The van der Waals surface area contributed by atoms with E-state index >= 15 is 0 Å². The number of aliphatic imine (C=N–C) groups is 1. The van der Waals surface area contributed by atoms with Crippen LogP contribution in [0.5, 0.6) is 0 Å². The van der Waals surface area contributed by atoms with Crippen LogP contribution >= 0.6 is 0 Å². The minimum Gasteiger partial charge on any atom is -0.370 e. The van der Waals surface area contributed by atoms with Crippen LogP contribution in [0.4, 0.5) is 0 Å². The van der Waals surface area contributed by atoms with Crippen molar-refractivity contribution in [1.82, 2.24) is 4.90 Å². The van der Waals surface area contributed by atoms with Gasteiger partial charge < -0.3 is 10.6 Å². The van der Waals surface area contributed by atoms with Crippen LogP contribution < -0.4 is 5.73 Å². The van der Waals surface area contributed by atoms with Crippen molar-refractivity contribution in [2.75, 3.05) is 13.6 Å². The molecule has 1 fully saturated rings. The van der Waals surface area contributed by atoms with E-state index in [1.807, 2.05) is 7.05 Å². The zero-order valence-corrected chi connectivity index (χ0v) is 10.2. The van der Waals surface area contributed by atoms with Crippen molar-refractivity contribution in [2.24, 2.45) is 10.7 Å². The predicted molar refractivity (Wildman–Crippen MR) is 66.0 cm³/mol. The Labute approximate surface area is 93.7 Å². The van der Waals surface area contributed by atoms with Gasteiger partial charge in [0.2, 0.25) is 0 Å². The van der Waals surface area contributed by atoms with Gasteiger partial charge in [-0.25, -0.2) is 4.99 Å². The Morgan fingerprint density at radius 1 is 1.33 bits per heavy atom. The van der Waals surface area contributed by atoms with Gasteiger partial charge in [-0.1, -0.05) is 32.6 Å². The van der Waals surface area contributed by atoms with Crippen LogP contribution in [0, 0.1) is 0 Å². The summed E-state index contributed by atoms with van der Waals surface area (Å²) in [4.78, 5) is 6.69. The van der Waals surface area contributed by atoms with E-state index in [1.54, 1.807) is 0 Å². The number of unbranched alkanes of at least 4 members (excludes halogenated alkanes) is 1. The Morgan fingerprint density at radius 3 is 2.60 bits per heavy atom. The fourth-order valence-electron chi connectivity index (χ4n) is 2.01. The molecule has 15 heavy (non-hydrogen) atoms. The maximum atomic E-state index is 5.96. The van der Waals surface area contributed by atoms with Crippen molar-refractivity contribution >= 4 is 5.96 Å². The van der Waals surface area contributed by atoms with Crippen LogP contribution in [0.3, 0.4) is 0 Å². The Morgan fingerprint density at radius 2 is 2.00 bits per heavy atom. The van der Waals surface area contributed by atoms with Gasteiger partial charge in [0.25, 0.3) is 0 Å². The molecule has 3 nitrogen and oxygen atoms in total. The van der Waals surface area contributed by atoms with Crippen LogP contribution in [0.15, 0.2) is 4.99 Å². The van der Waals surface area contributed by atoms with Gasteiger partial charge >= 0.3 is 0 Å². The first-order valence-corrected chi connectivity index (χ1v) is 6.28. The van der Waals surface area contributed by atoms with E-state index in [2.05, 4.69) is 16.8 Å². The largest absolute Gasteiger partial charge is 0.370 e. The molecule has 3 heteroatoms. The summed E-state index contributed by atoms with van der Waals surface area (Å²) in [7, 11) is 2.04. The molecule has 0 aromatic heterocycles. The van der Waals surface area contributed by atoms with Crippen molar-refractivity contribution in [3.8, 4) is 0 Å². The summed E-state index contributed by atoms with van der Waals surface area (Å²) in [6.07, 6.45) is 8.86. The Kier molecular flexibility index (Phi) is 5.51. The molecule has 0 bridgehead atoms. The monoisotopic (exact) mass is 211 g/mol. The lowest BCUT2D eigenvalue weighted by atomic mass is 9.96. The Bertz CT molecular complexity index is 195. The molecule has 1 aliphatic rings. The minimum absolute atomic E-state index is 0.489. The number of nitrogens with zero attached hydrogens (tertiary/aromatic N) is 2. The third-order valence-electron chi connectivity index (χ3n) is 3.13. The second-order valence-electron chi connectivity index (χ2n) is 4.55. The smallest absolute Gasteiger partial charge is 0.191 e. The zero-order chi connectivity index (χ0) is 11.1. The summed E-state index contributed by atoms with van der Waals surface area (Å²) >= 11 is 0. The molecule has 0 heterocycles. The lowest BCUT2D eigenvalue weighted by molar-refractivity contribution is 0.427. The molecule has 0 aliphatic heterocycles. The Balaban J connectivity index is 2.35. The number of hydrogen-bond donors (Lipinski definition) is 1. The number of rotatable bonds is 4. The van der Waals surface area contributed by atoms with Gasteiger partial charge in [-0.3, -0.25) is 0 Å². The molecule has 0 saturated heterocycles. The van der Waals surface area contributed by atoms with E-state index in [-0.39, 0.29) is 0 Å². The van der Waals surface area contributed by atoms with Crippen molar-refractivity contribution < 1.29 is 0 Å². The molecule has 0 atom stereocenters. The average molecular weight is 211 g/mol. The molecule has 1 aliphatic carbocycles. The zero-order valence-electron chi connectivity index (χ0n) is 10.2. The topological polar surface area (TPSA) is 41.6 Å². The Hall–Kier alpha value is -0.730. The van der Waals surface area contributed by atoms with Gasteiger partial charge in [-0.15, -0.1) is 0 Å². The number of hydrogen-bond acceptors (Lipinski definition) is 1. The molecule has 0 aromatic rings. The van der Waals surface area contributed by atoms with Gasteiger partial charge in [0.1, 0.15) is 0 Å². The highest BCUT2D eigenvalue weighted by molar-refractivity contribution is 5.77. The molecule has 0 amide bonds. The highest BCUT2D eigenvalue weighted by Gasteiger charge is 2.13. The highest BCUT2D eigenvalue weighted by atomic mass is 15.2. The summed E-state index contributed by atoms with van der Waals surface area (Å²) in [5, 5.41) is 0. The normalized spacial score (nSPS) is 19.2. The summed E-state index contributed by atoms with van der Waals surface area (Å²) in [6.45, 7) is 3.22. The second-order valence-corrected chi connectivity index (χ2v) is 4.55. The molecule has 0 aromatic carbocycles. The second kappa shape index (κ2) is 6.70. The molecule has 0 spiro atoms. The van der Waals surface area contributed by atoms with Gasteiger partial charge in [-0.05, 0) is 19.3 Å². The molecular formula is C12H25N3. The highest BCUT2D eigenvalue weighted by Crippen LogP contribution is 2.20. The average Bonchev–Trinajstić information content (AvgIpc) is 2.27. The van der Waals surface area contributed by atoms with Gasteiger partial charge in [0.05, 0.1) is 6.04 Å². The fraction of sp³-hybridized carbons (Fsp3) is 0.917. The lowest BCUT2D eigenvalue weighted by Gasteiger charge is -2.22. The van der Waals surface area contributed by atoms with Crippen LogP contribution in [0.25, 0.3) is 0 Å². The summed E-state index contributed by atoms with van der Waals surface area (Å²) in [5.41, 5.74) is 5.96. The fourth-order valence-corrected chi connectivity index (χ4v) is 2.01. The molecule has 0 radical (unpaired) electrons. The first-order chi connectivity index (χ1) is 7.24. The van der Waals surface area contributed by atoms with Gasteiger partial charge in [0, 0.05) is 13.6 Å². The van der Waals surface area contributed by atoms with E-state index in [1.165, 1.54) is 44.9 Å². The van der Waals surface area contributed by atoms with Crippen LogP contribution in [0.2, 0.25) is 0 Å². The van der Waals surface area contributed by atoms with E-state index in [0.29, 0.717) is 6.04 Å². The maximum absolute atomic E-state index is 5.96. The molecular weight excluding hydrogens is 186 g/mol. The van der Waals surface area contributed by atoms with Gasteiger partial charge in [0.15, 0.2) is 5.96 Å². The van der Waals surface area contributed by atoms with Crippen LogP contribution in [-0.4, -0.2) is 30.5 Å². The summed E-state index contributed by atoms with van der Waals surface area (Å²) in [6, 6.07) is 0.489. The number of guanidine groups is 1. The standard InChI is InChI=1S/C12H25N3/c1-3-4-10-15(2)12(13)14-11-8-6-5-7-9-11/h11H,3-10H2,1-2H3,(H2,13,14). The third-order valence-corrected chi connectivity index (χ3v) is 3.13. The molecule has 2 N–H and O–H groups in total. The summed E-state index contributed by atoms with van der Waals surface area (Å²) in [5.74, 6) is 0.732. The molecule has 1 rings (SSSR count). The van der Waals surface area contributed by atoms with Crippen LogP contribution in [-0.2, 0) is 0 Å². The van der Waals surface area contributed by atoms with Crippen molar-refractivity contribution in [2.45, 2.75) is 57.9 Å². The maximum Gasteiger partial charge on any atom is 0.191 e. The van der Waals surface area contributed by atoms with Crippen molar-refractivity contribution in [1.29, 1.82) is 0 Å². The SMILES string of the molecule is CCCCN(C)C(N)=NC1CCCCC1. The summed E-state index contributed by atoms with van der Waals surface area (Å²) < 4.78 is 0. The van der Waals surface area contributed by atoms with Crippen molar-refractivity contribution in [3.63, 3.8) is 0 Å². The van der Waals surface area contributed by atoms with Gasteiger partial charge in [-0.2, -0.15) is 0 Å². The third kappa shape index (κ3) is 4.54. The first-order valence-electron chi connectivity index (χ1n) is 6.28. The molecule has 0 unspecified atom stereocenters. The molecule has 88 valence electrons. The van der Waals surface area contributed by atoms with Crippen LogP contribution in [0.1, 0.15) is 51.9 Å². The first kappa shape index (κ1) is 12.3. The quantitative estimate of drug-likeness (QED) is 0.573. The van der Waals surface area contributed by atoms with Crippen molar-refractivity contribution in [3.05, 3.63) is 0 Å². The predicted octanol–water partition coefficient (Wildman–Crippen LogP) is 2.37. The van der Waals surface area contributed by atoms with E-state index < -0.39 is 0 Å². The lowest BCUT2D eigenvalue weighted by Crippen LogP contribution is -2.36. The number of nitrogens with two attached hydrogens (primary N) is 1. The molecule has 1 saturated carbocycles. The van der Waals surface area contributed by atoms with E-state index in [9.17, 15) is 0 Å². The van der Waals surface area contributed by atoms with E-state index in [0.717, 1.165) is 12.5 Å². The van der Waals surface area contributed by atoms with E-state index in [4.69, 9.17) is 5.73 Å². The minimum atomic E-state index is 0.489.